The molecule has 0 aliphatic rings. The Kier molecular flexibility index (Phi) is 6.50. The van der Waals surface area contributed by atoms with Crippen LogP contribution >= 0.6 is 0 Å². The molecule has 33 heavy (non-hydrogen) atoms. The number of rotatable bonds is 7. The van der Waals surface area contributed by atoms with E-state index in [4.69, 9.17) is 0 Å². The highest BCUT2D eigenvalue weighted by molar-refractivity contribution is 5.94. The molecule has 0 bridgehead atoms. The number of carboxylic acid groups (broad SMARTS) is 1. The molecule has 0 spiro atoms. The van der Waals surface area contributed by atoms with Crippen LogP contribution in [0.2, 0.25) is 0 Å². The fraction of sp³-hybridized carbons (Fsp3) is 0.115. The molecule has 1 atom stereocenters. The third-order valence-electron chi connectivity index (χ3n) is 5.11. The molecule has 4 rings (SSSR count). The number of aryl methyl sites for hydroxylation is 1. The molecule has 0 aliphatic carbocycles. The Morgan fingerprint density at radius 2 is 1.48 bits per heavy atom. The van der Waals surface area contributed by atoms with E-state index in [0.717, 1.165) is 22.3 Å². The van der Waals surface area contributed by atoms with E-state index in [2.05, 4.69) is 20.5 Å². The Morgan fingerprint density at radius 1 is 0.848 bits per heavy atom. The van der Waals surface area contributed by atoms with Crippen LogP contribution in [0.25, 0.3) is 22.5 Å². The standard InChI is InChI=1S/C26H22N4O3/c1-17-9-8-10-18(15-17)16-21(26(32)33)27-25(31)24-28-22(19-11-4-2-5-12-19)23(29-30-24)20-13-6-3-7-14-20/h2-15,21H,16H2,1H3,(H,27,31)(H,32,33)/t21-/m0/s1. The topological polar surface area (TPSA) is 105 Å². The van der Waals surface area contributed by atoms with E-state index in [-0.39, 0.29) is 12.2 Å². The molecule has 0 saturated carbocycles. The molecule has 1 amide bonds. The van der Waals surface area contributed by atoms with Crippen molar-refractivity contribution in [1.82, 2.24) is 20.5 Å². The number of carboxylic acids is 1. The van der Waals surface area contributed by atoms with Crippen molar-refractivity contribution < 1.29 is 14.7 Å². The van der Waals surface area contributed by atoms with Gasteiger partial charge < -0.3 is 10.4 Å². The van der Waals surface area contributed by atoms with Crippen LogP contribution in [0.4, 0.5) is 0 Å². The molecule has 1 aromatic heterocycles. The predicted molar refractivity (Wildman–Crippen MR) is 124 cm³/mol. The SMILES string of the molecule is Cc1cccc(C[C@H](NC(=O)c2nnc(-c3ccccc3)c(-c3ccccc3)n2)C(=O)O)c1. The van der Waals surface area contributed by atoms with Crippen molar-refractivity contribution in [3.8, 4) is 22.5 Å². The van der Waals surface area contributed by atoms with Crippen molar-refractivity contribution >= 4 is 11.9 Å². The number of carbonyl (C=O) groups excluding carboxylic acids is 1. The quantitative estimate of drug-likeness (QED) is 0.453. The van der Waals surface area contributed by atoms with Gasteiger partial charge in [-0.05, 0) is 12.5 Å². The van der Waals surface area contributed by atoms with Crippen molar-refractivity contribution in [2.45, 2.75) is 19.4 Å². The molecule has 0 unspecified atom stereocenters. The highest BCUT2D eigenvalue weighted by Crippen LogP contribution is 2.28. The number of nitrogens with one attached hydrogen (secondary N) is 1. The van der Waals surface area contributed by atoms with Gasteiger partial charge in [0.1, 0.15) is 17.4 Å². The second kappa shape index (κ2) is 9.82. The molecule has 0 aliphatic heterocycles. The van der Waals surface area contributed by atoms with Gasteiger partial charge in [-0.15, -0.1) is 10.2 Å². The maximum Gasteiger partial charge on any atom is 0.326 e. The van der Waals surface area contributed by atoms with Gasteiger partial charge in [0.2, 0.25) is 5.82 Å². The summed E-state index contributed by atoms with van der Waals surface area (Å²) in [5.74, 6) is -2.02. The second-order valence-electron chi connectivity index (χ2n) is 7.62. The number of nitrogens with zero attached hydrogens (tertiary/aromatic N) is 3. The monoisotopic (exact) mass is 438 g/mol. The number of carbonyl (C=O) groups is 2. The lowest BCUT2D eigenvalue weighted by atomic mass is 10.0. The van der Waals surface area contributed by atoms with Crippen LogP contribution in [0, 0.1) is 6.92 Å². The molecule has 0 radical (unpaired) electrons. The van der Waals surface area contributed by atoms with Gasteiger partial charge >= 0.3 is 5.97 Å². The first kappa shape index (κ1) is 21.8. The minimum Gasteiger partial charge on any atom is -0.480 e. The molecule has 3 aromatic carbocycles. The third-order valence-corrected chi connectivity index (χ3v) is 5.11. The lowest BCUT2D eigenvalue weighted by Gasteiger charge is -2.15. The van der Waals surface area contributed by atoms with E-state index >= 15 is 0 Å². The number of hydrogen-bond acceptors (Lipinski definition) is 5. The summed E-state index contributed by atoms with van der Waals surface area (Å²) in [5, 5.41) is 20.5. The van der Waals surface area contributed by atoms with Gasteiger partial charge in [-0.1, -0.05) is 90.5 Å². The lowest BCUT2D eigenvalue weighted by molar-refractivity contribution is -0.139. The normalized spacial score (nSPS) is 11.5. The van der Waals surface area contributed by atoms with Crippen LogP contribution in [0.3, 0.4) is 0 Å². The van der Waals surface area contributed by atoms with E-state index in [9.17, 15) is 14.7 Å². The minimum absolute atomic E-state index is 0.143. The van der Waals surface area contributed by atoms with Crippen molar-refractivity contribution in [3.63, 3.8) is 0 Å². The van der Waals surface area contributed by atoms with Crippen molar-refractivity contribution in [2.75, 3.05) is 0 Å². The second-order valence-corrected chi connectivity index (χ2v) is 7.62. The Labute approximate surface area is 191 Å². The zero-order valence-corrected chi connectivity index (χ0v) is 18.0. The summed E-state index contributed by atoms with van der Waals surface area (Å²) in [6, 6.07) is 25.2. The van der Waals surface area contributed by atoms with Gasteiger partial charge in [0.05, 0.1) is 0 Å². The van der Waals surface area contributed by atoms with Crippen LogP contribution in [-0.2, 0) is 11.2 Å². The first-order valence-electron chi connectivity index (χ1n) is 10.5. The Hall–Kier alpha value is -4.39. The molecular formula is C26H22N4O3. The number of hydrogen-bond donors (Lipinski definition) is 2. The molecule has 164 valence electrons. The van der Waals surface area contributed by atoms with Crippen molar-refractivity contribution in [3.05, 3.63) is 102 Å². The van der Waals surface area contributed by atoms with E-state index < -0.39 is 17.9 Å². The van der Waals surface area contributed by atoms with Gasteiger partial charge in [-0.25, -0.2) is 9.78 Å². The van der Waals surface area contributed by atoms with E-state index in [1.54, 1.807) is 0 Å². The molecule has 1 heterocycles. The predicted octanol–water partition coefficient (Wildman–Crippen LogP) is 3.94. The van der Waals surface area contributed by atoms with Crippen LogP contribution in [0.5, 0.6) is 0 Å². The molecule has 0 saturated heterocycles. The van der Waals surface area contributed by atoms with E-state index in [1.807, 2.05) is 91.9 Å². The molecule has 7 heteroatoms. The van der Waals surface area contributed by atoms with Gasteiger partial charge in [0, 0.05) is 17.5 Å². The Morgan fingerprint density at radius 3 is 2.09 bits per heavy atom. The van der Waals surface area contributed by atoms with Crippen LogP contribution < -0.4 is 5.32 Å². The van der Waals surface area contributed by atoms with Crippen LogP contribution in [0.1, 0.15) is 21.7 Å². The summed E-state index contributed by atoms with van der Waals surface area (Å²) in [7, 11) is 0. The maximum atomic E-state index is 12.9. The first-order valence-corrected chi connectivity index (χ1v) is 10.5. The number of amides is 1. The molecular weight excluding hydrogens is 416 g/mol. The summed E-state index contributed by atoms with van der Waals surface area (Å²) in [5.41, 5.74) is 4.44. The van der Waals surface area contributed by atoms with Gasteiger partial charge in [-0.3, -0.25) is 4.79 Å². The molecule has 0 fully saturated rings. The van der Waals surface area contributed by atoms with Gasteiger partial charge in [-0.2, -0.15) is 0 Å². The lowest BCUT2D eigenvalue weighted by Crippen LogP contribution is -2.43. The molecule has 2 N–H and O–H groups in total. The smallest absolute Gasteiger partial charge is 0.326 e. The maximum absolute atomic E-state index is 12.9. The zero-order valence-electron chi connectivity index (χ0n) is 18.0. The average molecular weight is 438 g/mol. The Balaban J connectivity index is 1.65. The summed E-state index contributed by atoms with van der Waals surface area (Å²) in [6.45, 7) is 1.93. The summed E-state index contributed by atoms with van der Waals surface area (Å²) in [6.07, 6.45) is 0.143. The average Bonchev–Trinajstić information content (AvgIpc) is 2.84. The zero-order chi connectivity index (χ0) is 23.2. The third kappa shape index (κ3) is 5.27. The van der Waals surface area contributed by atoms with Gasteiger partial charge in [0.25, 0.3) is 5.91 Å². The molecule has 7 nitrogen and oxygen atoms in total. The van der Waals surface area contributed by atoms with Crippen LogP contribution in [-0.4, -0.2) is 38.2 Å². The summed E-state index contributed by atoms with van der Waals surface area (Å²) < 4.78 is 0. The van der Waals surface area contributed by atoms with Crippen molar-refractivity contribution in [2.24, 2.45) is 0 Å². The number of aliphatic carboxylic acids is 1. The van der Waals surface area contributed by atoms with Crippen molar-refractivity contribution in [1.29, 1.82) is 0 Å². The highest BCUT2D eigenvalue weighted by Gasteiger charge is 2.24. The summed E-state index contributed by atoms with van der Waals surface area (Å²) >= 11 is 0. The minimum atomic E-state index is -1.14. The fourth-order valence-electron chi connectivity index (χ4n) is 3.51. The number of benzene rings is 3. The largest absolute Gasteiger partial charge is 0.480 e. The fourth-order valence-corrected chi connectivity index (χ4v) is 3.51. The number of aromatic nitrogens is 3. The molecule has 4 aromatic rings. The van der Waals surface area contributed by atoms with E-state index in [1.165, 1.54) is 0 Å². The van der Waals surface area contributed by atoms with Crippen LogP contribution in [0.15, 0.2) is 84.9 Å². The first-order chi connectivity index (χ1) is 16.0. The van der Waals surface area contributed by atoms with E-state index in [0.29, 0.717) is 11.4 Å². The summed E-state index contributed by atoms with van der Waals surface area (Å²) in [4.78, 5) is 29.2. The highest BCUT2D eigenvalue weighted by atomic mass is 16.4. The van der Waals surface area contributed by atoms with Gasteiger partial charge in [0.15, 0.2) is 0 Å². The Bertz CT molecular complexity index is 1280.